The lowest BCUT2D eigenvalue weighted by Crippen LogP contribution is -2.27. The number of hydrogen-bond donors (Lipinski definition) is 2. The number of H-pyrrole nitrogens is 1. The van der Waals surface area contributed by atoms with Crippen molar-refractivity contribution in [3.05, 3.63) is 6.33 Å². The summed E-state index contributed by atoms with van der Waals surface area (Å²) in [6, 6.07) is 0. The van der Waals surface area contributed by atoms with Crippen LogP contribution < -0.4 is 10.2 Å². The van der Waals surface area contributed by atoms with Gasteiger partial charge in [0.05, 0.1) is 12.9 Å². The van der Waals surface area contributed by atoms with Crippen molar-refractivity contribution < 1.29 is 4.74 Å². The summed E-state index contributed by atoms with van der Waals surface area (Å²) in [5.74, 6) is 1.53. The number of hydrogen-bond acceptors (Lipinski definition) is 6. The van der Waals surface area contributed by atoms with E-state index in [9.17, 15) is 0 Å². The Kier molecular flexibility index (Phi) is 3.45. The zero-order chi connectivity index (χ0) is 13.1. The molecule has 0 spiro atoms. The highest BCUT2D eigenvalue weighted by Gasteiger charge is 2.17. The maximum Gasteiger partial charge on any atom is 0.226 e. The van der Waals surface area contributed by atoms with Crippen LogP contribution in [0.25, 0.3) is 11.2 Å². The third kappa shape index (κ3) is 2.46. The monoisotopic (exact) mass is 262 g/mol. The molecule has 0 saturated carbocycles. The van der Waals surface area contributed by atoms with Crippen molar-refractivity contribution in [3.8, 4) is 0 Å². The van der Waals surface area contributed by atoms with Crippen LogP contribution in [0.2, 0.25) is 0 Å². The number of nitrogens with one attached hydrogen (secondary N) is 2. The highest BCUT2D eigenvalue weighted by molar-refractivity contribution is 5.84. The van der Waals surface area contributed by atoms with E-state index < -0.39 is 0 Å². The zero-order valence-corrected chi connectivity index (χ0v) is 11.0. The highest BCUT2D eigenvalue weighted by atomic mass is 16.5. The second kappa shape index (κ2) is 5.40. The van der Waals surface area contributed by atoms with Crippen molar-refractivity contribution in [2.24, 2.45) is 0 Å². The molecular formula is C12H18N6O. The number of nitrogens with zero attached hydrogens (tertiary/aromatic N) is 4. The summed E-state index contributed by atoms with van der Waals surface area (Å²) in [5.41, 5.74) is 1.59. The van der Waals surface area contributed by atoms with Gasteiger partial charge in [0.2, 0.25) is 5.95 Å². The van der Waals surface area contributed by atoms with Crippen molar-refractivity contribution in [2.45, 2.75) is 13.3 Å². The smallest absolute Gasteiger partial charge is 0.226 e. The summed E-state index contributed by atoms with van der Waals surface area (Å²) in [6.45, 7) is 6.15. The SMILES string of the molecule is CCNc1nc(N2CCCOCC2)c2[nH]cnc2n1. The average Bonchev–Trinajstić information content (AvgIpc) is 2.72. The van der Waals surface area contributed by atoms with Crippen LogP contribution >= 0.6 is 0 Å². The second-order valence-electron chi connectivity index (χ2n) is 4.46. The summed E-state index contributed by atoms with van der Waals surface area (Å²) in [7, 11) is 0. The minimum Gasteiger partial charge on any atom is -0.380 e. The van der Waals surface area contributed by atoms with Crippen molar-refractivity contribution in [2.75, 3.05) is 43.1 Å². The van der Waals surface area contributed by atoms with Gasteiger partial charge in [0.25, 0.3) is 0 Å². The molecule has 1 aliphatic rings. The van der Waals surface area contributed by atoms with Gasteiger partial charge >= 0.3 is 0 Å². The molecule has 0 bridgehead atoms. The largest absolute Gasteiger partial charge is 0.380 e. The summed E-state index contributed by atoms with van der Waals surface area (Å²) in [6.07, 6.45) is 2.67. The molecule has 2 aromatic rings. The second-order valence-corrected chi connectivity index (χ2v) is 4.46. The molecule has 0 radical (unpaired) electrons. The quantitative estimate of drug-likeness (QED) is 0.859. The molecule has 2 aromatic heterocycles. The number of aromatic nitrogens is 4. The first-order chi connectivity index (χ1) is 9.38. The van der Waals surface area contributed by atoms with Crippen LogP contribution in [-0.4, -0.2) is 52.8 Å². The molecule has 0 aliphatic carbocycles. The molecule has 1 aliphatic heterocycles. The summed E-state index contributed by atoms with van der Waals surface area (Å²) >= 11 is 0. The van der Waals surface area contributed by atoms with Gasteiger partial charge in [-0.05, 0) is 13.3 Å². The molecule has 1 fully saturated rings. The van der Waals surface area contributed by atoms with Crippen LogP contribution in [0, 0.1) is 0 Å². The third-order valence-electron chi connectivity index (χ3n) is 3.12. The van der Waals surface area contributed by atoms with Gasteiger partial charge in [-0.3, -0.25) is 0 Å². The van der Waals surface area contributed by atoms with E-state index in [-0.39, 0.29) is 0 Å². The first-order valence-corrected chi connectivity index (χ1v) is 6.66. The predicted molar refractivity (Wildman–Crippen MR) is 73.5 cm³/mol. The maximum absolute atomic E-state index is 5.49. The minimum absolute atomic E-state index is 0.627. The van der Waals surface area contributed by atoms with Crippen molar-refractivity contribution >= 4 is 22.9 Å². The van der Waals surface area contributed by atoms with E-state index in [1.54, 1.807) is 6.33 Å². The van der Waals surface area contributed by atoms with Gasteiger partial charge in [-0.15, -0.1) is 0 Å². The van der Waals surface area contributed by atoms with Crippen LogP contribution in [0.1, 0.15) is 13.3 Å². The number of anilines is 2. The van der Waals surface area contributed by atoms with E-state index >= 15 is 0 Å². The Labute approximate surface area is 111 Å². The molecule has 0 aromatic carbocycles. The molecule has 7 heteroatoms. The normalized spacial score (nSPS) is 16.6. The Morgan fingerprint density at radius 1 is 1.37 bits per heavy atom. The van der Waals surface area contributed by atoms with E-state index in [4.69, 9.17) is 4.74 Å². The summed E-state index contributed by atoms with van der Waals surface area (Å²) in [4.78, 5) is 18.6. The lowest BCUT2D eigenvalue weighted by atomic mass is 10.3. The van der Waals surface area contributed by atoms with Crippen LogP contribution in [0.5, 0.6) is 0 Å². The molecule has 7 nitrogen and oxygen atoms in total. The van der Waals surface area contributed by atoms with Crippen molar-refractivity contribution in [1.29, 1.82) is 0 Å². The van der Waals surface area contributed by atoms with E-state index in [1.807, 2.05) is 6.92 Å². The number of fused-ring (bicyclic) bond motifs is 1. The van der Waals surface area contributed by atoms with Crippen LogP contribution in [0.4, 0.5) is 11.8 Å². The molecule has 0 atom stereocenters. The lowest BCUT2D eigenvalue weighted by Gasteiger charge is -2.21. The highest BCUT2D eigenvalue weighted by Crippen LogP contribution is 2.23. The number of imidazole rings is 1. The van der Waals surface area contributed by atoms with Crippen molar-refractivity contribution in [1.82, 2.24) is 19.9 Å². The van der Waals surface area contributed by atoms with Gasteiger partial charge in [0.1, 0.15) is 5.52 Å². The standard InChI is InChI=1S/C12H18N6O/c1-2-13-12-16-10-9(14-8-15-10)11(17-12)18-4-3-6-19-7-5-18/h8H,2-7H2,1H3,(H2,13,14,15,16,17). The van der Waals surface area contributed by atoms with E-state index in [1.165, 1.54) is 0 Å². The molecule has 2 N–H and O–H groups in total. The molecule has 102 valence electrons. The summed E-state index contributed by atoms with van der Waals surface area (Å²) < 4.78 is 5.49. The molecule has 0 unspecified atom stereocenters. The van der Waals surface area contributed by atoms with Crippen molar-refractivity contribution in [3.63, 3.8) is 0 Å². The molecule has 3 heterocycles. The van der Waals surface area contributed by atoms with E-state index in [2.05, 4.69) is 30.2 Å². The fourth-order valence-corrected chi connectivity index (χ4v) is 2.24. The Morgan fingerprint density at radius 3 is 3.21 bits per heavy atom. The minimum atomic E-state index is 0.627. The molecule has 19 heavy (non-hydrogen) atoms. The van der Waals surface area contributed by atoms with Gasteiger partial charge in [-0.2, -0.15) is 9.97 Å². The van der Waals surface area contributed by atoms with Crippen LogP contribution in [-0.2, 0) is 4.74 Å². The zero-order valence-electron chi connectivity index (χ0n) is 11.0. The average molecular weight is 262 g/mol. The van der Waals surface area contributed by atoms with Crippen LogP contribution in [0.15, 0.2) is 6.33 Å². The first-order valence-electron chi connectivity index (χ1n) is 6.66. The van der Waals surface area contributed by atoms with Gasteiger partial charge in [-0.25, -0.2) is 4.98 Å². The summed E-state index contributed by atoms with van der Waals surface area (Å²) in [5, 5.41) is 3.15. The fraction of sp³-hybridized carbons (Fsp3) is 0.583. The topological polar surface area (TPSA) is 79.0 Å². The van der Waals surface area contributed by atoms with Gasteiger partial charge in [0.15, 0.2) is 11.5 Å². The number of aromatic amines is 1. The van der Waals surface area contributed by atoms with Gasteiger partial charge in [-0.1, -0.05) is 0 Å². The number of ether oxygens (including phenoxy) is 1. The lowest BCUT2D eigenvalue weighted by molar-refractivity contribution is 0.152. The Balaban J connectivity index is 2.01. The predicted octanol–water partition coefficient (Wildman–Crippen LogP) is 1.01. The van der Waals surface area contributed by atoms with Crippen LogP contribution in [0.3, 0.4) is 0 Å². The Hall–Kier alpha value is -1.89. The third-order valence-corrected chi connectivity index (χ3v) is 3.12. The van der Waals surface area contributed by atoms with E-state index in [0.29, 0.717) is 11.6 Å². The number of rotatable bonds is 3. The fourth-order valence-electron chi connectivity index (χ4n) is 2.24. The first kappa shape index (κ1) is 12.2. The maximum atomic E-state index is 5.49. The molecule has 1 saturated heterocycles. The van der Waals surface area contributed by atoms with Gasteiger partial charge in [0, 0.05) is 26.2 Å². The molecule has 0 amide bonds. The molecule has 3 rings (SSSR count). The van der Waals surface area contributed by atoms with E-state index in [0.717, 1.165) is 50.6 Å². The Bertz CT molecular complexity index is 546. The Morgan fingerprint density at radius 2 is 2.32 bits per heavy atom. The molecular weight excluding hydrogens is 244 g/mol. The van der Waals surface area contributed by atoms with Gasteiger partial charge < -0.3 is 19.9 Å².